The molecule has 0 spiro atoms. The van der Waals surface area contributed by atoms with E-state index >= 15 is 0 Å². The van der Waals surface area contributed by atoms with E-state index in [1.165, 1.54) is 28.0 Å². The van der Waals surface area contributed by atoms with Crippen LogP contribution in [0.5, 0.6) is 0 Å². The molecule has 0 radical (unpaired) electrons. The van der Waals surface area contributed by atoms with E-state index in [2.05, 4.69) is 0 Å². The summed E-state index contributed by atoms with van der Waals surface area (Å²) >= 11 is 2.60. The zero-order chi connectivity index (χ0) is 33.4. The Hall–Kier alpha value is -4.48. The molecular weight excluding hydrogens is 637 g/mol. The van der Waals surface area contributed by atoms with Gasteiger partial charge in [0.15, 0.2) is 21.0 Å². The predicted molar refractivity (Wildman–Crippen MR) is 178 cm³/mol. The van der Waals surface area contributed by atoms with E-state index in [0.717, 1.165) is 4.70 Å². The lowest BCUT2D eigenvalue weighted by Gasteiger charge is -2.35. The molecule has 2 N–H and O–H groups in total. The molecule has 0 atom stereocenters. The van der Waals surface area contributed by atoms with Crippen LogP contribution in [0.1, 0.15) is 85.8 Å². The Balaban J connectivity index is 1.21. The lowest BCUT2D eigenvalue weighted by Crippen LogP contribution is -2.33. The molecule has 2 aromatic heterocycles. The number of benzene rings is 2. The van der Waals surface area contributed by atoms with Crippen LogP contribution in [0.2, 0.25) is 0 Å². The van der Waals surface area contributed by atoms with E-state index in [9.17, 15) is 29.4 Å². The molecule has 2 aliphatic carbocycles. The van der Waals surface area contributed by atoms with Gasteiger partial charge in [0.2, 0.25) is 0 Å². The number of imide groups is 1. The van der Waals surface area contributed by atoms with Crippen LogP contribution in [0.15, 0.2) is 91.1 Å². The molecule has 3 aliphatic rings. The standard InChI is InChI=1S/C36H32N2O7S2/c1-35(2)14-22(39)29(23(40)15-35)31(30-24(41)16-36(3,4)17-25(30)42)26-11-12-28(45-26)47-34-37-21-10-9-18(13-27(21)46-34)38-32(43)19-7-5-6-8-20(19)33(38)44/h5-13,31,39,41H,14-17H2,1-4H3. The van der Waals surface area contributed by atoms with Gasteiger partial charge >= 0.3 is 0 Å². The summed E-state index contributed by atoms with van der Waals surface area (Å²) in [6.07, 6.45) is 0.894. The normalized spacial score (nSPS) is 19.5. The third-order valence-electron chi connectivity index (χ3n) is 8.85. The highest BCUT2D eigenvalue weighted by atomic mass is 32.2. The van der Waals surface area contributed by atoms with Crippen molar-refractivity contribution in [2.45, 2.75) is 68.7 Å². The molecule has 240 valence electrons. The number of carbonyl (C=O) groups is 4. The first kappa shape index (κ1) is 31.1. The molecule has 3 heterocycles. The minimum Gasteiger partial charge on any atom is -0.512 e. The fraction of sp³-hybridized carbons (Fsp3) is 0.306. The number of aliphatic hydroxyl groups is 2. The topological polar surface area (TPSA) is 138 Å². The van der Waals surface area contributed by atoms with Gasteiger partial charge in [-0.15, -0.1) is 11.3 Å². The molecule has 0 fully saturated rings. The molecule has 1 aliphatic heterocycles. The summed E-state index contributed by atoms with van der Waals surface area (Å²) in [6, 6.07) is 15.3. The third-order valence-corrected chi connectivity index (χ3v) is 10.8. The number of nitrogens with zero attached hydrogens (tertiary/aromatic N) is 2. The van der Waals surface area contributed by atoms with Crippen molar-refractivity contribution in [2.24, 2.45) is 10.8 Å². The lowest BCUT2D eigenvalue weighted by molar-refractivity contribution is -0.119. The van der Waals surface area contributed by atoms with E-state index in [1.807, 2.05) is 27.7 Å². The SMILES string of the molecule is CC1(C)CC(=O)C(C(C2=C(O)CC(C)(C)CC2=O)c2ccc(Sc3nc4ccc(N5C(=O)c6ccccc6C5=O)cc4s3)o2)=C(O)C1. The second kappa shape index (κ2) is 11.1. The van der Waals surface area contributed by atoms with Crippen LogP contribution in [0.4, 0.5) is 5.69 Å². The molecule has 0 unspecified atom stereocenters. The van der Waals surface area contributed by atoms with Crippen molar-refractivity contribution in [2.75, 3.05) is 4.90 Å². The summed E-state index contributed by atoms with van der Waals surface area (Å²) in [7, 11) is 0. The van der Waals surface area contributed by atoms with Crippen LogP contribution in [0, 0.1) is 10.8 Å². The van der Waals surface area contributed by atoms with Crippen molar-refractivity contribution in [3.63, 3.8) is 0 Å². The van der Waals surface area contributed by atoms with Gasteiger partial charge in [-0.2, -0.15) is 0 Å². The number of amides is 2. The fourth-order valence-electron chi connectivity index (χ4n) is 6.82. The summed E-state index contributed by atoms with van der Waals surface area (Å²) < 4.78 is 7.65. The monoisotopic (exact) mass is 668 g/mol. The first-order chi connectivity index (χ1) is 22.2. The van der Waals surface area contributed by atoms with Gasteiger partial charge < -0.3 is 14.6 Å². The highest BCUT2D eigenvalue weighted by Crippen LogP contribution is 2.49. The quantitative estimate of drug-likeness (QED) is 0.194. The highest BCUT2D eigenvalue weighted by Gasteiger charge is 2.45. The minimum atomic E-state index is -1.05. The summed E-state index contributed by atoms with van der Waals surface area (Å²) in [5, 5.41) is 22.8. The second-order valence-corrected chi connectivity index (χ2v) is 16.2. The number of thiazole rings is 1. The number of aromatic nitrogens is 1. The first-order valence-corrected chi connectivity index (χ1v) is 16.9. The summed E-state index contributed by atoms with van der Waals surface area (Å²) in [5.41, 5.74) is 1.16. The van der Waals surface area contributed by atoms with Crippen molar-refractivity contribution < 1.29 is 33.8 Å². The smallest absolute Gasteiger partial charge is 0.266 e. The Morgan fingerprint density at radius 2 is 1.38 bits per heavy atom. The van der Waals surface area contributed by atoms with Crippen LogP contribution in [0.25, 0.3) is 10.2 Å². The van der Waals surface area contributed by atoms with E-state index < -0.39 is 16.7 Å². The highest BCUT2D eigenvalue weighted by molar-refractivity contribution is 8.01. The average Bonchev–Trinajstić information content (AvgIpc) is 3.66. The largest absolute Gasteiger partial charge is 0.512 e. The van der Waals surface area contributed by atoms with Crippen LogP contribution in [-0.2, 0) is 9.59 Å². The van der Waals surface area contributed by atoms with Gasteiger partial charge in [-0.3, -0.25) is 19.2 Å². The fourth-order valence-corrected chi connectivity index (χ4v) is 8.82. The van der Waals surface area contributed by atoms with Crippen LogP contribution in [0.3, 0.4) is 0 Å². The zero-order valence-corrected chi connectivity index (χ0v) is 27.9. The number of hydrogen-bond donors (Lipinski definition) is 2. The number of rotatable bonds is 6. The Morgan fingerprint density at radius 3 is 1.94 bits per heavy atom. The van der Waals surface area contributed by atoms with E-state index in [4.69, 9.17) is 9.40 Å². The Bertz CT molecular complexity index is 2010. The predicted octanol–water partition coefficient (Wildman–Crippen LogP) is 8.33. The molecule has 2 aromatic carbocycles. The maximum atomic E-state index is 13.5. The molecule has 7 rings (SSSR count). The number of ketones is 2. The maximum absolute atomic E-state index is 13.5. The van der Waals surface area contributed by atoms with Crippen LogP contribution in [-0.4, -0.2) is 38.6 Å². The number of Topliss-reactive ketones (excluding diaryl/α,β-unsaturated/α-hetero) is 2. The number of furan rings is 1. The Labute approximate surface area is 279 Å². The molecule has 0 bridgehead atoms. The molecule has 2 amide bonds. The summed E-state index contributed by atoms with van der Waals surface area (Å²) in [5.74, 6) is -2.28. The van der Waals surface area contributed by atoms with E-state index in [1.54, 1.807) is 54.6 Å². The van der Waals surface area contributed by atoms with Crippen molar-refractivity contribution in [3.8, 4) is 0 Å². The van der Waals surface area contributed by atoms with Crippen molar-refractivity contribution in [3.05, 3.63) is 94.1 Å². The molecule has 0 saturated carbocycles. The third kappa shape index (κ3) is 5.51. The first-order valence-electron chi connectivity index (χ1n) is 15.3. The molecule has 4 aromatic rings. The number of fused-ring (bicyclic) bond motifs is 2. The minimum absolute atomic E-state index is 0.0884. The summed E-state index contributed by atoms with van der Waals surface area (Å²) in [4.78, 5) is 58.9. The van der Waals surface area contributed by atoms with Gasteiger partial charge in [0, 0.05) is 36.8 Å². The van der Waals surface area contributed by atoms with Gasteiger partial charge in [0.05, 0.1) is 32.9 Å². The Morgan fingerprint density at radius 1 is 0.809 bits per heavy atom. The summed E-state index contributed by atoms with van der Waals surface area (Å²) in [6.45, 7) is 7.61. The van der Waals surface area contributed by atoms with E-state index in [0.29, 0.717) is 31.8 Å². The number of aliphatic hydroxyl groups excluding tert-OH is 2. The van der Waals surface area contributed by atoms with Gasteiger partial charge in [-0.1, -0.05) is 39.8 Å². The van der Waals surface area contributed by atoms with E-state index in [-0.39, 0.29) is 77.5 Å². The number of hydrogen-bond acceptors (Lipinski definition) is 10. The van der Waals surface area contributed by atoms with Crippen molar-refractivity contribution in [1.29, 1.82) is 0 Å². The molecule has 9 nitrogen and oxygen atoms in total. The molecule has 11 heteroatoms. The van der Waals surface area contributed by atoms with Gasteiger partial charge in [-0.25, -0.2) is 9.88 Å². The average molecular weight is 669 g/mol. The number of anilines is 1. The number of allylic oxidation sites excluding steroid dienone is 4. The van der Waals surface area contributed by atoms with Gasteiger partial charge in [-0.05, 0) is 65.1 Å². The zero-order valence-electron chi connectivity index (χ0n) is 26.2. The van der Waals surface area contributed by atoms with Crippen molar-refractivity contribution >= 4 is 62.4 Å². The van der Waals surface area contributed by atoms with Crippen molar-refractivity contribution in [1.82, 2.24) is 4.98 Å². The molecule has 0 saturated heterocycles. The van der Waals surface area contributed by atoms with Crippen LogP contribution < -0.4 is 4.90 Å². The number of carbonyl (C=O) groups excluding carboxylic acids is 4. The molecular formula is C36H32N2O7S2. The Kier molecular flexibility index (Phi) is 7.32. The van der Waals surface area contributed by atoms with Crippen LogP contribution >= 0.6 is 23.1 Å². The molecule has 47 heavy (non-hydrogen) atoms. The second-order valence-electron chi connectivity index (χ2n) is 13.9. The maximum Gasteiger partial charge on any atom is 0.266 e. The van der Waals surface area contributed by atoms with Gasteiger partial charge in [0.25, 0.3) is 11.8 Å². The van der Waals surface area contributed by atoms with Gasteiger partial charge in [0.1, 0.15) is 17.3 Å². The lowest BCUT2D eigenvalue weighted by atomic mass is 9.68.